The maximum atomic E-state index is 6.22. The Hall–Kier alpha value is -1.22. The van der Waals surface area contributed by atoms with Gasteiger partial charge in [-0.3, -0.25) is 0 Å². The number of ether oxygens (including phenoxy) is 1. The van der Waals surface area contributed by atoms with E-state index in [0.717, 1.165) is 35.6 Å². The first-order valence-corrected chi connectivity index (χ1v) is 11.2. The van der Waals surface area contributed by atoms with Crippen LogP contribution in [0.15, 0.2) is 42.5 Å². The molecule has 6 rings (SSSR count). The van der Waals surface area contributed by atoms with Crippen LogP contribution in [0.5, 0.6) is 5.75 Å². The molecule has 0 spiro atoms. The van der Waals surface area contributed by atoms with Gasteiger partial charge in [0.25, 0.3) is 0 Å². The minimum absolute atomic E-state index is 0.378. The Morgan fingerprint density at radius 1 is 0.857 bits per heavy atom. The number of nitrogens with one attached hydrogen (secondary N) is 1. The normalized spacial score (nSPS) is 30.6. The predicted octanol–water partition coefficient (Wildman–Crippen LogP) is 6.63. The van der Waals surface area contributed by atoms with Crippen LogP contribution in [0.1, 0.15) is 49.7 Å². The van der Waals surface area contributed by atoms with Crippen molar-refractivity contribution in [2.24, 2.45) is 17.8 Å². The molecule has 0 amide bonds. The van der Waals surface area contributed by atoms with E-state index in [1.807, 2.05) is 30.3 Å². The average molecular weight is 416 g/mol. The van der Waals surface area contributed by atoms with Crippen LogP contribution < -0.4 is 10.1 Å². The molecule has 1 N–H and O–H groups in total. The van der Waals surface area contributed by atoms with E-state index in [1.165, 1.54) is 44.1 Å². The van der Waals surface area contributed by atoms with Crippen molar-refractivity contribution in [2.75, 3.05) is 0 Å². The fourth-order valence-corrected chi connectivity index (χ4v) is 6.65. The molecule has 4 aliphatic carbocycles. The van der Waals surface area contributed by atoms with Gasteiger partial charge in [0.05, 0.1) is 0 Å². The first-order chi connectivity index (χ1) is 13.6. The van der Waals surface area contributed by atoms with Gasteiger partial charge in [-0.2, -0.15) is 0 Å². The van der Waals surface area contributed by atoms with Gasteiger partial charge < -0.3 is 10.1 Å². The number of hydrogen-bond acceptors (Lipinski definition) is 2. The van der Waals surface area contributed by atoms with Gasteiger partial charge in [0.15, 0.2) is 0 Å². The Bertz CT molecular complexity index is 793. The van der Waals surface area contributed by atoms with Crippen LogP contribution in [0.2, 0.25) is 10.0 Å². The van der Waals surface area contributed by atoms with Crippen molar-refractivity contribution < 1.29 is 4.74 Å². The van der Waals surface area contributed by atoms with Crippen molar-refractivity contribution in [3.8, 4) is 5.75 Å². The third kappa shape index (κ3) is 3.79. The summed E-state index contributed by atoms with van der Waals surface area (Å²) in [6.07, 6.45) is 8.63. The lowest BCUT2D eigenvalue weighted by Crippen LogP contribution is -2.58. The fourth-order valence-electron chi connectivity index (χ4n) is 6.15. The number of hydrogen-bond donors (Lipinski definition) is 1. The lowest BCUT2D eigenvalue weighted by atomic mass is 9.53. The van der Waals surface area contributed by atoms with Crippen LogP contribution in [0.4, 0.5) is 0 Å². The lowest BCUT2D eigenvalue weighted by Gasteiger charge is -2.57. The number of rotatable bonds is 6. The molecule has 4 aliphatic rings. The second kappa shape index (κ2) is 7.55. The Morgan fingerprint density at radius 2 is 1.43 bits per heavy atom. The molecule has 0 atom stereocenters. The highest BCUT2D eigenvalue weighted by atomic mass is 35.5. The van der Waals surface area contributed by atoms with Gasteiger partial charge in [-0.15, -0.1) is 0 Å². The van der Waals surface area contributed by atoms with Crippen molar-refractivity contribution in [2.45, 2.75) is 57.2 Å². The number of halogens is 2. The van der Waals surface area contributed by atoms with Crippen molar-refractivity contribution in [1.82, 2.24) is 5.32 Å². The van der Waals surface area contributed by atoms with E-state index in [2.05, 4.69) is 17.4 Å². The molecule has 4 heteroatoms. The summed E-state index contributed by atoms with van der Waals surface area (Å²) in [6.45, 7) is 1.33. The monoisotopic (exact) mass is 415 g/mol. The largest absolute Gasteiger partial charge is 0.489 e. The molecule has 0 aliphatic heterocycles. The van der Waals surface area contributed by atoms with E-state index >= 15 is 0 Å². The summed E-state index contributed by atoms with van der Waals surface area (Å²) in [5.41, 5.74) is 2.56. The maximum Gasteiger partial charge on any atom is 0.119 e. The molecule has 2 aromatic carbocycles. The van der Waals surface area contributed by atoms with E-state index in [9.17, 15) is 0 Å². The molecule has 4 saturated carbocycles. The molecular weight excluding hydrogens is 389 g/mol. The standard InChI is InChI=1S/C24H27Cl2NO/c25-22-2-1-3-23(26)21(22)15-28-20-6-4-16(5-7-20)14-27-24-11-17-8-18(12-24)10-19(9-17)13-24/h1-7,17-19,27H,8-15H2. The van der Waals surface area contributed by atoms with E-state index < -0.39 is 0 Å². The Balaban J connectivity index is 1.18. The summed E-state index contributed by atoms with van der Waals surface area (Å²) in [5, 5.41) is 5.25. The van der Waals surface area contributed by atoms with Gasteiger partial charge in [0.1, 0.15) is 12.4 Å². The van der Waals surface area contributed by atoms with E-state index in [1.54, 1.807) is 0 Å². The quantitative estimate of drug-likeness (QED) is 0.571. The van der Waals surface area contributed by atoms with Crippen LogP contribution in [0.25, 0.3) is 0 Å². The first-order valence-electron chi connectivity index (χ1n) is 10.5. The molecule has 28 heavy (non-hydrogen) atoms. The van der Waals surface area contributed by atoms with Crippen LogP contribution in [-0.4, -0.2) is 5.54 Å². The van der Waals surface area contributed by atoms with Crippen LogP contribution in [-0.2, 0) is 13.2 Å². The highest BCUT2D eigenvalue weighted by molar-refractivity contribution is 6.35. The minimum atomic E-state index is 0.378. The zero-order chi connectivity index (χ0) is 19.1. The molecule has 0 aromatic heterocycles. The second-order valence-electron chi connectivity index (χ2n) is 9.18. The molecule has 2 nitrogen and oxygen atoms in total. The zero-order valence-corrected chi connectivity index (χ0v) is 17.6. The Labute approximate surface area is 177 Å². The molecule has 0 saturated heterocycles. The third-order valence-electron chi connectivity index (χ3n) is 7.07. The zero-order valence-electron chi connectivity index (χ0n) is 16.1. The van der Waals surface area contributed by atoms with Crippen molar-refractivity contribution in [3.05, 3.63) is 63.6 Å². The summed E-state index contributed by atoms with van der Waals surface area (Å²) >= 11 is 12.4. The molecule has 0 radical (unpaired) electrons. The maximum absolute atomic E-state index is 6.22. The van der Waals surface area contributed by atoms with Crippen molar-refractivity contribution in [1.29, 1.82) is 0 Å². The summed E-state index contributed by atoms with van der Waals surface area (Å²) in [5.74, 6) is 3.78. The van der Waals surface area contributed by atoms with Crippen LogP contribution in [0, 0.1) is 17.8 Å². The molecule has 0 heterocycles. The van der Waals surface area contributed by atoms with E-state index in [4.69, 9.17) is 27.9 Å². The SMILES string of the molecule is Clc1cccc(Cl)c1COc1ccc(CNC23CC4CC(CC(C4)C2)C3)cc1. The van der Waals surface area contributed by atoms with E-state index in [0.29, 0.717) is 22.2 Å². The molecule has 4 bridgehead atoms. The fraction of sp³-hybridized carbons (Fsp3) is 0.500. The topological polar surface area (TPSA) is 21.3 Å². The Morgan fingerprint density at radius 3 is 2.00 bits per heavy atom. The smallest absolute Gasteiger partial charge is 0.119 e. The second-order valence-corrected chi connectivity index (χ2v) is 10.00. The summed E-state index contributed by atoms with van der Waals surface area (Å²) < 4.78 is 5.90. The first kappa shape index (κ1) is 18.8. The molecule has 2 aromatic rings. The van der Waals surface area contributed by atoms with Crippen molar-refractivity contribution in [3.63, 3.8) is 0 Å². The summed E-state index contributed by atoms with van der Waals surface area (Å²) in [7, 11) is 0. The summed E-state index contributed by atoms with van der Waals surface area (Å²) in [4.78, 5) is 0. The van der Waals surface area contributed by atoms with Gasteiger partial charge in [-0.05, 0) is 86.1 Å². The molecule has 148 valence electrons. The van der Waals surface area contributed by atoms with Gasteiger partial charge in [-0.1, -0.05) is 41.4 Å². The van der Waals surface area contributed by atoms with Gasteiger partial charge in [0, 0.05) is 27.7 Å². The van der Waals surface area contributed by atoms with Gasteiger partial charge in [-0.25, -0.2) is 0 Å². The number of benzene rings is 2. The summed E-state index contributed by atoms with van der Waals surface area (Å²) in [6, 6.07) is 13.9. The van der Waals surface area contributed by atoms with Crippen LogP contribution >= 0.6 is 23.2 Å². The van der Waals surface area contributed by atoms with Crippen molar-refractivity contribution >= 4 is 23.2 Å². The van der Waals surface area contributed by atoms with Crippen LogP contribution in [0.3, 0.4) is 0 Å². The van der Waals surface area contributed by atoms with Gasteiger partial charge in [0.2, 0.25) is 0 Å². The predicted molar refractivity (Wildman–Crippen MR) is 115 cm³/mol. The lowest BCUT2D eigenvalue weighted by molar-refractivity contribution is -0.0206. The van der Waals surface area contributed by atoms with E-state index in [-0.39, 0.29) is 0 Å². The molecule has 0 unspecified atom stereocenters. The highest BCUT2D eigenvalue weighted by Crippen LogP contribution is 2.55. The van der Waals surface area contributed by atoms with Gasteiger partial charge >= 0.3 is 0 Å². The highest BCUT2D eigenvalue weighted by Gasteiger charge is 2.50. The Kier molecular flexibility index (Phi) is 5.07. The molecular formula is C24H27Cl2NO. The average Bonchev–Trinajstić information content (AvgIpc) is 2.66. The minimum Gasteiger partial charge on any atom is -0.489 e. The third-order valence-corrected chi connectivity index (χ3v) is 7.78. The molecule has 4 fully saturated rings.